The van der Waals surface area contributed by atoms with Gasteiger partial charge in [0.15, 0.2) is 4.77 Å². The molecule has 168 valence electrons. The first-order valence-electron chi connectivity index (χ1n) is 10.3. The van der Waals surface area contributed by atoms with Crippen molar-refractivity contribution in [2.45, 2.75) is 19.9 Å². The van der Waals surface area contributed by atoms with Gasteiger partial charge < -0.3 is 14.3 Å². The fraction of sp³-hybridized carbons (Fsp3) is 0.160. The van der Waals surface area contributed by atoms with Crippen LogP contribution in [0.2, 0.25) is 0 Å². The Hall–Kier alpha value is -3.78. The normalized spacial score (nSPS) is 12.7. The molecule has 0 saturated heterocycles. The molecule has 0 bridgehead atoms. The van der Waals surface area contributed by atoms with E-state index in [4.69, 9.17) is 17.0 Å². The highest BCUT2D eigenvalue weighted by atomic mass is 32.1. The van der Waals surface area contributed by atoms with E-state index in [0.717, 1.165) is 22.5 Å². The highest BCUT2D eigenvalue weighted by Gasteiger charge is 2.13. The number of nitrogens with one attached hydrogen (secondary N) is 1. The fourth-order valence-electron chi connectivity index (χ4n) is 3.72. The zero-order valence-corrected chi connectivity index (χ0v) is 19.3. The van der Waals surface area contributed by atoms with Gasteiger partial charge in [-0.25, -0.2) is 9.37 Å². The molecule has 6 nitrogen and oxygen atoms in total. The molecule has 0 amide bonds. The van der Waals surface area contributed by atoms with Crippen molar-refractivity contribution in [2.24, 2.45) is 0 Å². The van der Waals surface area contributed by atoms with Gasteiger partial charge in [-0.3, -0.25) is 9.36 Å². The van der Waals surface area contributed by atoms with Crippen LogP contribution in [-0.4, -0.2) is 26.2 Å². The minimum atomic E-state index is -0.393. The SMILES string of the molecule is C=c1[nH]c(=S)n(C(C)c2ccc(F)cc2)c(=O)/c1=C/c1ccc(-n2cnc(C)c2)c(OC)c1. The van der Waals surface area contributed by atoms with Gasteiger partial charge in [-0.1, -0.05) is 24.8 Å². The van der Waals surface area contributed by atoms with Gasteiger partial charge in [0.2, 0.25) is 0 Å². The second-order valence-electron chi connectivity index (χ2n) is 7.72. The number of hydrogen-bond donors (Lipinski definition) is 1. The van der Waals surface area contributed by atoms with E-state index < -0.39 is 6.04 Å². The van der Waals surface area contributed by atoms with E-state index in [1.807, 2.05) is 42.8 Å². The Labute approximate surface area is 195 Å². The largest absolute Gasteiger partial charge is 0.495 e. The molecule has 0 saturated carbocycles. The minimum Gasteiger partial charge on any atom is -0.495 e. The van der Waals surface area contributed by atoms with Gasteiger partial charge in [-0.15, -0.1) is 0 Å². The summed E-state index contributed by atoms with van der Waals surface area (Å²) in [5.41, 5.74) is 2.97. The lowest BCUT2D eigenvalue weighted by atomic mass is 10.1. The summed E-state index contributed by atoms with van der Waals surface area (Å²) in [5.74, 6) is 0.296. The number of imidazole rings is 1. The molecule has 2 aromatic carbocycles. The molecule has 8 heteroatoms. The highest BCUT2D eigenvalue weighted by molar-refractivity contribution is 7.71. The predicted molar refractivity (Wildman–Crippen MR) is 129 cm³/mol. The van der Waals surface area contributed by atoms with Gasteiger partial charge in [-0.2, -0.15) is 0 Å². The second-order valence-corrected chi connectivity index (χ2v) is 8.11. The van der Waals surface area contributed by atoms with Crippen LogP contribution in [0.4, 0.5) is 4.39 Å². The van der Waals surface area contributed by atoms with Crippen LogP contribution in [0.5, 0.6) is 5.75 Å². The smallest absolute Gasteiger partial charge is 0.262 e. The van der Waals surface area contributed by atoms with Crippen LogP contribution in [0.25, 0.3) is 18.3 Å². The van der Waals surface area contributed by atoms with Crippen molar-refractivity contribution >= 4 is 24.9 Å². The quantitative estimate of drug-likeness (QED) is 0.462. The summed E-state index contributed by atoms with van der Waals surface area (Å²) >= 11 is 5.42. The Bertz CT molecular complexity index is 1550. The molecule has 0 radical (unpaired) electrons. The van der Waals surface area contributed by atoms with Gasteiger partial charge in [0.1, 0.15) is 11.6 Å². The molecule has 0 aliphatic carbocycles. The molecular weight excluding hydrogens is 439 g/mol. The molecule has 1 N–H and O–H groups in total. The first-order valence-corrected chi connectivity index (χ1v) is 10.7. The topological polar surface area (TPSA) is 64.8 Å². The average Bonchev–Trinajstić information content (AvgIpc) is 3.22. The Morgan fingerprint density at radius 2 is 1.97 bits per heavy atom. The number of nitrogens with zero attached hydrogens (tertiary/aromatic N) is 3. The number of H-pyrrole nitrogens is 1. The number of rotatable bonds is 5. The van der Waals surface area contributed by atoms with Gasteiger partial charge >= 0.3 is 0 Å². The molecule has 0 fully saturated rings. The summed E-state index contributed by atoms with van der Waals surface area (Å²) in [6.07, 6.45) is 5.37. The Balaban J connectivity index is 1.84. The van der Waals surface area contributed by atoms with Crippen LogP contribution in [0, 0.1) is 17.5 Å². The van der Waals surface area contributed by atoms with Crippen molar-refractivity contribution in [1.82, 2.24) is 19.1 Å². The van der Waals surface area contributed by atoms with Crippen LogP contribution in [0.1, 0.15) is 29.8 Å². The minimum absolute atomic E-state index is 0.252. The predicted octanol–water partition coefficient (Wildman–Crippen LogP) is 3.40. The fourth-order valence-corrected chi connectivity index (χ4v) is 4.08. The third-order valence-electron chi connectivity index (χ3n) is 5.50. The molecule has 4 aromatic rings. The van der Waals surface area contributed by atoms with Crippen molar-refractivity contribution in [3.63, 3.8) is 0 Å². The first-order chi connectivity index (χ1) is 15.8. The average molecular weight is 463 g/mol. The van der Waals surface area contributed by atoms with Crippen LogP contribution in [0.15, 0.2) is 59.8 Å². The number of halogens is 1. The van der Waals surface area contributed by atoms with Gasteiger partial charge in [0, 0.05) is 11.5 Å². The summed E-state index contributed by atoms with van der Waals surface area (Å²) in [5, 5.41) is 0.798. The van der Waals surface area contributed by atoms with E-state index in [0.29, 0.717) is 16.3 Å². The van der Waals surface area contributed by atoms with Crippen LogP contribution in [-0.2, 0) is 0 Å². The van der Waals surface area contributed by atoms with Gasteiger partial charge in [-0.05, 0) is 67.5 Å². The molecule has 33 heavy (non-hydrogen) atoms. The number of benzene rings is 2. The lowest BCUT2D eigenvalue weighted by molar-refractivity contribution is 0.413. The maximum atomic E-state index is 13.4. The zero-order valence-electron chi connectivity index (χ0n) is 18.5. The lowest BCUT2D eigenvalue weighted by Gasteiger charge is -2.16. The number of aromatic nitrogens is 4. The van der Waals surface area contributed by atoms with Crippen molar-refractivity contribution in [2.75, 3.05) is 7.11 Å². The summed E-state index contributed by atoms with van der Waals surface area (Å²) in [7, 11) is 1.59. The van der Waals surface area contributed by atoms with Gasteiger partial charge in [0.25, 0.3) is 5.56 Å². The summed E-state index contributed by atoms with van der Waals surface area (Å²) in [6, 6.07) is 11.3. The summed E-state index contributed by atoms with van der Waals surface area (Å²) in [4.78, 5) is 20.7. The zero-order chi connectivity index (χ0) is 23.7. The van der Waals surface area contributed by atoms with E-state index >= 15 is 0 Å². The van der Waals surface area contributed by atoms with E-state index in [1.165, 1.54) is 16.7 Å². The Morgan fingerprint density at radius 3 is 2.61 bits per heavy atom. The number of aryl methyl sites for hydroxylation is 1. The molecule has 0 aliphatic heterocycles. The molecule has 4 rings (SSSR count). The third kappa shape index (κ3) is 4.42. The second kappa shape index (κ2) is 8.99. The number of ether oxygens (including phenoxy) is 1. The molecule has 1 atom stereocenters. The third-order valence-corrected chi connectivity index (χ3v) is 5.79. The van der Waals surface area contributed by atoms with Crippen molar-refractivity contribution in [3.8, 4) is 11.4 Å². The van der Waals surface area contributed by atoms with E-state index in [1.54, 1.807) is 31.6 Å². The van der Waals surface area contributed by atoms with Crippen LogP contribution in [0.3, 0.4) is 0 Å². The Morgan fingerprint density at radius 1 is 1.24 bits per heavy atom. The van der Waals surface area contributed by atoms with Crippen molar-refractivity contribution in [3.05, 3.63) is 103 Å². The standard InChI is InChI=1S/C25H23FN4O2S/c1-15-13-29(14-27-15)22-10-5-18(12-23(22)32-4)11-21-16(2)28-25(33)30(24(21)31)17(3)19-6-8-20(26)9-7-19/h5-14,17H,2H2,1,3-4H3,(H,28,33)/b21-11+. The maximum absolute atomic E-state index is 13.4. The number of aromatic amines is 1. The maximum Gasteiger partial charge on any atom is 0.262 e. The van der Waals surface area contributed by atoms with E-state index in [-0.39, 0.29) is 16.1 Å². The monoisotopic (exact) mass is 462 g/mol. The highest BCUT2D eigenvalue weighted by Crippen LogP contribution is 2.24. The van der Waals surface area contributed by atoms with E-state index in [2.05, 4.69) is 16.5 Å². The van der Waals surface area contributed by atoms with Crippen LogP contribution < -0.4 is 20.9 Å². The number of hydrogen-bond acceptors (Lipinski definition) is 4. The first kappa shape index (κ1) is 22.4. The van der Waals surface area contributed by atoms with Crippen molar-refractivity contribution < 1.29 is 9.13 Å². The van der Waals surface area contributed by atoms with Crippen LogP contribution >= 0.6 is 12.2 Å². The molecule has 1 unspecified atom stereocenters. The number of methoxy groups -OCH3 is 1. The lowest BCUT2D eigenvalue weighted by Crippen LogP contribution is -2.47. The van der Waals surface area contributed by atoms with E-state index in [9.17, 15) is 9.18 Å². The molecule has 2 heterocycles. The summed E-state index contributed by atoms with van der Waals surface area (Å²) < 4.78 is 22.5. The summed E-state index contributed by atoms with van der Waals surface area (Å²) in [6.45, 7) is 7.73. The van der Waals surface area contributed by atoms with Gasteiger partial charge in [0.05, 0.1) is 36.1 Å². The van der Waals surface area contributed by atoms with Crippen molar-refractivity contribution in [1.29, 1.82) is 0 Å². The molecule has 2 aromatic heterocycles. The molecule has 0 aliphatic rings. The molecule has 0 spiro atoms. The molecular formula is C25H23FN4O2S. The Kier molecular flexibility index (Phi) is 6.11.